The second-order valence-electron chi connectivity index (χ2n) is 7.54. The fourth-order valence-corrected chi connectivity index (χ4v) is 5.14. The van der Waals surface area contributed by atoms with Crippen molar-refractivity contribution >= 4 is 17.3 Å². The highest BCUT2D eigenvalue weighted by Crippen LogP contribution is 2.47. The molecule has 9 heteroatoms. The molecule has 1 aromatic carbocycles. The molecule has 0 saturated heterocycles. The molecule has 0 spiro atoms. The first kappa shape index (κ1) is 21.4. The number of benzene rings is 1. The van der Waals surface area contributed by atoms with E-state index in [1.54, 1.807) is 12.1 Å². The van der Waals surface area contributed by atoms with Crippen LogP contribution >= 0.6 is 11.3 Å². The summed E-state index contributed by atoms with van der Waals surface area (Å²) >= 11 is 1.92. The van der Waals surface area contributed by atoms with Crippen molar-refractivity contribution in [2.24, 2.45) is 0 Å². The van der Waals surface area contributed by atoms with Crippen LogP contribution in [0, 0.1) is 0 Å². The number of fused-ring (bicyclic) bond motifs is 5. The fourth-order valence-electron chi connectivity index (χ4n) is 3.77. The normalized spacial score (nSPS) is 20.2. The number of phenolic OH excluding ortho intramolecular Hbond substituents is 2. The number of rotatable bonds is 1. The van der Waals surface area contributed by atoms with E-state index in [0.717, 1.165) is 19.4 Å². The van der Waals surface area contributed by atoms with Crippen LogP contribution in [0.1, 0.15) is 58.5 Å². The van der Waals surface area contributed by atoms with E-state index >= 15 is 0 Å². The van der Waals surface area contributed by atoms with Crippen LogP contribution in [-0.2, 0) is 17.8 Å². The molecule has 5 nitrogen and oxygen atoms in total. The minimum atomic E-state index is -5.08. The number of halogens is 3. The number of nitrogens with one attached hydrogen (secondary N) is 1. The van der Waals surface area contributed by atoms with Crippen molar-refractivity contribution in [1.82, 2.24) is 5.32 Å². The molecule has 2 aliphatic rings. The van der Waals surface area contributed by atoms with Crippen molar-refractivity contribution in [1.29, 1.82) is 0 Å². The summed E-state index contributed by atoms with van der Waals surface area (Å²) in [7, 11) is 0. The first-order chi connectivity index (χ1) is 13.5. The minimum Gasteiger partial charge on any atom is -0.504 e. The molecule has 2 aromatic rings. The van der Waals surface area contributed by atoms with Crippen LogP contribution in [0.2, 0.25) is 0 Å². The monoisotopic (exact) mass is 429 g/mol. The zero-order valence-corrected chi connectivity index (χ0v) is 16.7. The summed E-state index contributed by atoms with van der Waals surface area (Å²) in [4.78, 5) is 11.8. The Labute approximate surface area is 169 Å². The van der Waals surface area contributed by atoms with E-state index in [1.807, 2.05) is 11.3 Å². The van der Waals surface area contributed by atoms with Gasteiger partial charge in [0, 0.05) is 28.3 Å². The Hall–Kier alpha value is -2.26. The van der Waals surface area contributed by atoms with Crippen LogP contribution in [-0.4, -0.2) is 33.5 Å². The van der Waals surface area contributed by atoms with E-state index in [0.29, 0.717) is 17.9 Å². The van der Waals surface area contributed by atoms with Crippen molar-refractivity contribution < 1.29 is 33.3 Å². The number of phenols is 2. The van der Waals surface area contributed by atoms with E-state index < -0.39 is 12.1 Å². The molecular weight excluding hydrogens is 407 g/mol. The molecule has 158 valence electrons. The second-order valence-corrected chi connectivity index (χ2v) is 8.65. The highest BCUT2D eigenvalue weighted by atomic mass is 32.1. The standard InChI is InChI=1S/C18H21NO2S.C2HF3O2/c1-9(2)16-6-11-8-19-13-4-3-10-5-14(20)15(21)7-12(10)17(13)18(11)22-16;3-2(4,5)1(6)7/h5-7,9,13,17,19-21H,3-4,8H2,1-2H3;(H,6,7)/t13-,17-;/m0./s1. The number of hydrogen-bond acceptors (Lipinski definition) is 5. The van der Waals surface area contributed by atoms with Crippen LogP contribution in [0.5, 0.6) is 11.5 Å². The van der Waals surface area contributed by atoms with Crippen LogP contribution in [0.3, 0.4) is 0 Å². The maximum atomic E-state index is 10.6. The molecular formula is C20H22F3NO4S. The number of aliphatic carboxylic acids is 1. The highest BCUT2D eigenvalue weighted by Gasteiger charge is 2.38. The summed E-state index contributed by atoms with van der Waals surface area (Å²) in [5, 5.41) is 30.5. The molecule has 0 fully saturated rings. The van der Waals surface area contributed by atoms with Gasteiger partial charge in [0.25, 0.3) is 0 Å². The van der Waals surface area contributed by atoms with Gasteiger partial charge in [0.1, 0.15) is 0 Å². The molecule has 0 radical (unpaired) electrons. The Kier molecular flexibility index (Phi) is 5.82. The van der Waals surface area contributed by atoms with E-state index in [4.69, 9.17) is 9.90 Å². The molecule has 1 aliphatic carbocycles. The maximum Gasteiger partial charge on any atom is 0.490 e. The van der Waals surface area contributed by atoms with E-state index in [2.05, 4.69) is 25.2 Å². The van der Waals surface area contributed by atoms with Crippen LogP contribution in [0.4, 0.5) is 13.2 Å². The minimum absolute atomic E-state index is 0.00441. The number of thiophene rings is 1. The molecule has 0 bridgehead atoms. The molecule has 29 heavy (non-hydrogen) atoms. The van der Waals surface area contributed by atoms with Gasteiger partial charge in [-0.05, 0) is 53.6 Å². The van der Waals surface area contributed by atoms with Gasteiger partial charge >= 0.3 is 12.1 Å². The third kappa shape index (κ3) is 4.35. The Balaban J connectivity index is 0.000000298. The van der Waals surface area contributed by atoms with Gasteiger partial charge in [-0.15, -0.1) is 11.3 Å². The lowest BCUT2D eigenvalue weighted by Gasteiger charge is -2.38. The Bertz CT molecular complexity index is 923. The van der Waals surface area contributed by atoms with Crippen LogP contribution in [0.15, 0.2) is 18.2 Å². The van der Waals surface area contributed by atoms with Gasteiger partial charge in [-0.25, -0.2) is 4.79 Å². The lowest BCUT2D eigenvalue weighted by atomic mass is 9.75. The third-order valence-corrected chi connectivity index (χ3v) is 6.77. The van der Waals surface area contributed by atoms with Crippen LogP contribution in [0.25, 0.3) is 0 Å². The van der Waals surface area contributed by atoms with Crippen molar-refractivity contribution in [2.75, 3.05) is 0 Å². The van der Waals surface area contributed by atoms with Crippen molar-refractivity contribution in [3.63, 3.8) is 0 Å². The van der Waals surface area contributed by atoms with Crippen molar-refractivity contribution in [3.8, 4) is 11.5 Å². The Morgan fingerprint density at radius 3 is 2.38 bits per heavy atom. The topological polar surface area (TPSA) is 89.8 Å². The smallest absolute Gasteiger partial charge is 0.490 e. The van der Waals surface area contributed by atoms with Gasteiger partial charge < -0.3 is 20.6 Å². The number of carbonyl (C=O) groups is 1. The van der Waals surface area contributed by atoms with E-state index in [9.17, 15) is 23.4 Å². The van der Waals surface area contributed by atoms with Crippen LogP contribution < -0.4 is 5.32 Å². The first-order valence-electron chi connectivity index (χ1n) is 9.19. The molecule has 4 N–H and O–H groups in total. The van der Waals surface area contributed by atoms with Gasteiger partial charge in [0.05, 0.1) is 0 Å². The van der Waals surface area contributed by atoms with Gasteiger partial charge in [-0.1, -0.05) is 13.8 Å². The number of aryl methyl sites for hydroxylation is 1. The fraction of sp³-hybridized carbons (Fsp3) is 0.450. The lowest BCUT2D eigenvalue weighted by Crippen LogP contribution is -2.41. The molecule has 1 aromatic heterocycles. The van der Waals surface area contributed by atoms with Gasteiger partial charge in [0.15, 0.2) is 11.5 Å². The number of carboxylic acid groups (broad SMARTS) is 1. The molecule has 1 aliphatic heterocycles. The molecule has 4 rings (SSSR count). The molecule has 0 unspecified atom stereocenters. The lowest BCUT2D eigenvalue weighted by molar-refractivity contribution is -0.192. The van der Waals surface area contributed by atoms with Crippen molar-refractivity contribution in [2.45, 2.75) is 57.3 Å². The molecule has 2 heterocycles. The summed E-state index contributed by atoms with van der Waals surface area (Å²) in [6.07, 6.45) is -3.05. The van der Waals surface area contributed by atoms with Gasteiger partial charge in [-0.2, -0.15) is 13.2 Å². The average Bonchev–Trinajstić information content (AvgIpc) is 3.07. The second kappa shape index (κ2) is 7.87. The summed E-state index contributed by atoms with van der Waals surface area (Å²) in [5.41, 5.74) is 3.75. The zero-order valence-electron chi connectivity index (χ0n) is 15.9. The molecule has 0 saturated carbocycles. The quantitative estimate of drug-likeness (QED) is 0.503. The predicted octanol–water partition coefficient (Wildman–Crippen LogP) is 4.47. The first-order valence-corrected chi connectivity index (χ1v) is 10.0. The maximum absolute atomic E-state index is 10.6. The molecule has 2 atom stereocenters. The van der Waals surface area contributed by atoms with E-state index in [1.165, 1.54) is 26.4 Å². The Morgan fingerprint density at radius 1 is 1.17 bits per heavy atom. The summed E-state index contributed by atoms with van der Waals surface area (Å²) in [6.45, 7) is 5.42. The van der Waals surface area contributed by atoms with Crippen molar-refractivity contribution in [3.05, 3.63) is 44.6 Å². The van der Waals surface area contributed by atoms with Gasteiger partial charge in [-0.3, -0.25) is 0 Å². The number of hydrogen-bond donors (Lipinski definition) is 4. The largest absolute Gasteiger partial charge is 0.504 e. The van der Waals surface area contributed by atoms with E-state index in [-0.39, 0.29) is 11.5 Å². The molecule has 0 amide bonds. The Morgan fingerprint density at radius 2 is 1.79 bits per heavy atom. The number of aromatic hydroxyl groups is 2. The summed E-state index contributed by atoms with van der Waals surface area (Å²) in [6, 6.07) is 6.28. The summed E-state index contributed by atoms with van der Waals surface area (Å²) < 4.78 is 31.7. The third-order valence-electron chi connectivity index (χ3n) is 5.21. The SMILES string of the molecule is CC(C)c1cc2c(s1)[C@H]1c3cc(O)c(O)cc3CC[C@@H]1NC2.O=C(O)C(F)(F)F. The predicted molar refractivity (Wildman–Crippen MR) is 103 cm³/mol. The zero-order chi connectivity index (χ0) is 21.5. The number of alkyl halides is 3. The number of carboxylic acids is 1. The average molecular weight is 429 g/mol. The van der Waals surface area contributed by atoms with Gasteiger partial charge in [0.2, 0.25) is 0 Å². The summed E-state index contributed by atoms with van der Waals surface area (Å²) in [5.74, 6) is -1.92. The highest BCUT2D eigenvalue weighted by molar-refractivity contribution is 7.12.